The SMILES string of the molecule is Cc1[nH]ncc1C(=O)Nc1cccc2c1C(C)CC2(C)C. The van der Waals surface area contributed by atoms with E-state index < -0.39 is 0 Å². The number of rotatable bonds is 2. The third kappa shape index (κ3) is 2.24. The molecule has 0 saturated carbocycles. The van der Waals surface area contributed by atoms with E-state index in [0.29, 0.717) is 11.5 Å². The number of aryl methyl sites for hydroxylation is 1. The van der Waals surface area contributed by atoms with E-state index in [1.54, 1.807) is 6.20 Å². The van der Waals surface area contributed by atoms with Crippen LogP contribution in [-0.4, -0.2) is 16.1 Å². The lowest BCUT2D eigenvalue weighted by atomic mass is 9.86. The van der Waals surface area contributed by atoms with Crippen LogP contribution in [0.4, 0.5) is 5.69 Å². The maximum atomic E-state index is 12.4. The summed E-state index contributed by atoms with van der Waals surface area (Å²) in [6.07, 6.45) is 2.68. The van der Waals surface area contributed by atoms with Crippen LogP contribution in [0.1, 0.15) is 60.3 Å². The zero-order valence-electron chi connectivity index (χ0n) is 12.9. The van der Waals surface area contributed by atoms with Crippen molar-refractivity contribution in [3.63, 3.8) is 0 Å². The van der Waals surface area contributed by atoms with E-state index in [0.717, 1.165) is 17.8 Å². The molecule has 0 fully saturated rings. The van der Waals surface area contributed by atoms with Crippen LogP contribution in [0.2, 0.25) is 0 Å². The van der Waals surface area contributed by atoms with Crippen LogP contribution < -0.4 is 5.32 Å². The lowest BCUT2D eigenvalue weighted by Crippen LogP contribution is -2.15. The van der Waals surface area contributed by atoms with Crippen molar-refractivity contribution in [1.29, 1.82) is 0 Å². The summed E-state index contributed by atoms with van der Waals surface area (Å²) < 4.78 is 0. The number of carbonyl (C=O) groups excluding carboxylic acids is 1. The van der Waals surface area contributed by atoms with Gasteiger partial charge in [0.1, 0.15) is 0 Å². The number of carbonyl (C=O) groups is 1. The third-order valence-corrected chi connectivity index (χ3v) is 4.47. The van der Waals surface area contributed by atoms with Gasteiger partial charge in [0.05, 0.1) is 11.8 Å². The Kier molecular flexibility index (Phi) is 3.12. The number of nitrogens with one attached hydrogen (secondary N) is 2. The highest BCUT2D eigenvalue weighted by molar-refractivity contribution is 6.05. The lowest BCUT2D eigenvalue weighted by Gasteiger charge is -2.19. The summed E-state index contributed by atoms with van der Waals surface area (Å²) >= 11 is 0. The Morgan fingerprint density at radius 2 is 2.19 bits per heavy atom. The Morgan fingerprint density at radius 3 is 2.86 bits per heavy atom. The predicted molar refractivity (Wildman–Crippen MR) is 83.8 cm³/mol. The molecule has 0 spiro atoms. The van der Waals surface area contributed by atoms with Crippen LogP contribution >= 0.6 is 0 Å². The highest BCUT2D eigenvalue weighted by Gasteiger charge is 2.36. The topological polar surface area (TPSA) is 57.8 Å². The number of benzene rings is 1. The molecule has 0 bridgehead atoms. The van der Waals surface area contributed by atoms with E-state index in [2.05, 4.69) is 42.4 Å². The minimum atomic E-state index is -0.105. The van der Waals surface area contributed by atoms with Crippen LogP contribution in [0, 0.1) is 6.92 Å². The van der Waals surface area contributed by atoms with E-state index in [1.807, 2.05) is 19.1 Å². The van der Waals surface area contributed by atoms with Crippen LogP contribution in [0.3, 0.4) is 0 Å². The second-order valence-electron chi connectivity index (χ2n) is 6.62. The highest BCUT2D eigenvalue weighted by atomic mass is 16.1. The van der Waals surface area contributed by atoms with Crippen LogP contribution in [0.5, 0.6) is 0 Å². The van der Waals surface area contributed by atoms with Crippen molar-refractivity contribution in [1.82, 2.24) is 10.2 Å². The Bertz CT molecular complexity index is 700. The molecule has 1 heterocycles. The molecule has 4 nitrogen and oxygen atoms in total. The molecule has 4 heteroatoms. The standard InChI is InChI=1S/C17H21N3O/c1-10-8-17(3,4)13-6-5-7-14(15(10)13)19-16(21)12-9-18-20-11(12)2/h5-7,9-10H,8H2,1-4H3,(H,18,20)(H,19,21). The molecule has 0 radical (unpaired) electrons. The smallest absolute Gasteiger partial charge is 0.259 e. The Hall–Kier alpha value is -2.10. The van der Waals surface area contributed by atoms with Crippen molar-refractivity contribution in [2.75, 3.05) is 5.32 Å². The van der Waals surface area contributed by atoms with Gasteiger partial charge in [-0.05, 0) is 41.9 Å². The van der Waals surface area contributed by atoms with Crippen molar-refractivity contribution in [3.8, 4) is 0 Å². The summed E-state index contributed by atoms with van der Waals surface area (Å²) in [5.41, 5.74) is 5.09. The Balaban J connectivity index is 1.97. The van der Waals surface area contributed by atoms with E-state index in [4.69, 9.17) is 0 Å². The molecule has 1 aliphatic rings. The minimum Gasteiger partial charge on any atom is -0.322 e. The second kappa shape index (κ2) is 4.72. The number of H-pyrrole nitrogens is 1. The van der Waals surface area contributed by atoms with E-state index in [1.165, 1.54) is 11.1 Å². The molecule has 0 saturated heterocycles. The summed E-state index contributed by atoms with van der Waals surface area (Å²) in [6, 6.07) is 6.19. The Morgan fingerprint density at radius 1 is 1.43 bits per heavy atom. The zero-order valence-corrected chi connectivity index (χ0v) is 12.9. The number of hydrogen-bond acceptors (Lipinski definition) is 2. The molecule has 21 heavy (non-hydrogen) atoms. The molecule has 1 aliphatic carbocycles. The predicted octanol–water partition coefficient (Wildman–Crippen LogP) is 3.76. The maximum Gasteiger partial charge on any atom is 0.259 e. The minimum absolute atomic E-state index is 0.105. The fourth-order valence-electron chi connectivity index (χ4n) is 3.54. The molecule has 1 amide bonds. The van der Waals surface area contributed by atoms with Gasteiger partial charge in [-0.25, -0.2) is 0 Å². The van der Waals surface area contributed by atoms with E-state index >= 15 is 0 Å². The van der Waals surface area contributed by atoms with Gasteiger partial charge in [-0.3, -0.25) is 9.89 Å². The average Bonchev–Trinajstić information content (AvgIpc) is 2.92. The summed E-state index contributed by atoms with van der Waals surface area (Å²) in [5, 5.41) is 9.76. The number of aromatic amines is 1. The van der Waals surface area contributed by atoms with Crippen LogP contribution in [-0.2, 0) is 5.41 Å². The normalized spacial score (nSPS) is 19.3. The third-order valence-electron chi connectivity index (χ3n) is 4.47. The van der Waals surface area contributed by atoms with Gasteiger partial charge < -0.3 is 5.32 Å². The molecule has 2 aromatic rings. The fourth-order valence-corrected chi connectivity index (χ4v) is 3.54. The molecule has 3 rings (SSSR count). The first-order chi connectivity index (χ1) is 9.90. The highest BCUT2D eigenvalue weighted by Crippen LogP contribution is 2.48. The van der Waals surface area contributed by atoms with Gasteiger partial charge in [-0.2, -0.15) is 5.10 Å². The fraction of sp³-hybridized carbons (Fsp3) is 0.412. The van der Waals surface area contributed by atoms with E-state index in [9.17, 15) is 4.79 Å². The van der Waals surface area contributed by atoms with Gasteiger partial charge in [-0.15, -0.1) is 0 Å². The molecule has 1 aromatic heterocycles. The van der Waals surface area contributed by atoms with Crippen molar-refractivity contribution in [2.24, 2.45) is 0 Å². The molecule has 1 aromatic carbocycles. The van der Waals surface area contributed by atoms with Gasteiger partial charge in [0.2, 0.25) is 0 Å². The number of nitrogens with zero attached hydrogens (tertiary/aromatic N) is 1. The summed E-state index contributed by atoms with van der Waals surface area (Å²) in [6.45, 7) is 8.61. The molecule has 1 unspecified atom stereocenters. The molecule has 0 aliphatic heterocycles. The Labute approximate surface area is 125 Å². The number of amides is 1. The molecule has 110 valence electrons. The molecular formula is C17H21N3O. The largest absolute Gasteiger partial charge is 0.322 e. The van der Waals surface area contributed by atoms with E-state index in [-0.39, 0.29) is 11.3 Å². The van der Waals surface area contributed by atoms with Gasteiger partial charge in [0.15, 0.2) is 0 Å². The molecule has 1 atom stereocenters. The molecule has 2 N–H and O–H groups in total. The maximum absolute atomic E-state index is 12.4. The van der Waals surface area contributed by atoms with Gasteiger partial charge in [0.25, 0.3) is 5.91 Å². The van der Waals surface area contributed by atoms with Gasteiger partial charge in [-0.1, -0.05) is 32.9 Å². The quantitative estimate of drug-likeness (QED) is 0.881. The lowest BCUT2D eigenvalue weighted by molar-refractivity contribution is 0.102. The molecular weight excluding hydrogens is 262 g/mol. The van der Waals surface area contributed by atoms with Crippen molar-refractivity contribution >= 4 is 11.6 Å². The van der Waals surface area contributed by atoms with Gasteiger partial charge >= 0.3 is 0 Å². The van der Waals surface area contributed by atoms with Crippen LogP contribution in [0.15, 0.2) is 24.4 Å². The monoisotopic (exact) mass is 283 g/mol. The van der Waals surface area contributed by atoms with Crippen molar-refractivity contribution < 1.29 is 4.79 Å². The average molecular weight is 283 g/mol. The van der Waals surface area contributed by atoms with Gasteiger partial charge in [0, 0.05) is 11.4 Å². The summed E-state index contributed by atoms with van der Waals surface area (Å²) in [5.74, 6) is 0.350. The first kappa shape index (κ1) is 13.9. The number of fused-ring (bicyclic) bond motifs is 1. The second-order valence-corrected chi connectivity index (χ2v) is 6.62. The number of anilines is 1. The zero-order chi connectivity index (χ0) is 15.2. The summed E-state index contributed by atoms with van der Waals surface area (Å²) in [7, 11) is 0. The van der Waals surface area contributed by atoms with Crippen molar-refractivity contribution in [2.45, 2.75) is 45.4 Å². The number of hydrogen-bond donors (Lipinski definition) is 2. The first-order valence-electron chi connectivity index (χ1n) is 7.35. The first-order valence-corrected chi connectivity index (χ1v) is 7.35. The number of aromatic nitrogens is 2. The summed E-state index contributed by atoms with van der Waals surface area (Å²) in [4.78, 5) is 12.4. The van der Waals surface area contributed by atoms with Crippen LogP contribution in [0.25, 0.3) is 0 Å². The van der Waals surface area contributed by atoms with Crippen molar-refractivity contribution in [3.05, 3.63) is 46.8 Å².